The minimum atomic E-state index is -0.142. The molecular weight excluding hydrogens is 436 g/mol. The van der Waals surface area contributed by atoms with E-state index in [1.54, 1.807) is 12.3 Å². The quantitative estimate of drug-likeness (QED) is 0.293. The minimum absolute atomic E-state index is 0.142. The van der Waals surface area contributed by atoms with Crippen molar-refractivity contribution >= 4 is 5.91 Å². The average molecular weight is 463 g/mol. The molecule has 2 aromatic heterocycles. The summed E-state index contributed by atoms with van der Waals surface area (Å²) in [7, 11) is 0. The van der Waals surface area contributed by atoms with Crippen molar-refractivity contribution in [2.75, 3.05) is 6.54 Å². The van der Waals surface area contributed by atoms with Crippen molar-refractivity contribution in [1.29, 1.82) is 0 Å². The molecule has 5 aromatic rings. The lowest BCUT2D eigenvalue weighted by molar-refractivity contribution is 0.0953. The molecule has 6 nitrogen and oxygen atoms in total. The number of nitrogens with one attached hydrogen (secondary N) is 1. The number of oxazole rings is 1. The zero-order chi connectivity index (χ0) is 24.0. The molecule has 0 bridgehead atoms. The van der Waals surface area contributed by atoms with Gasteiger partial charge in [-0.1, -0.05) is 60.7 Å². The molecule has 0 aliphatic rings. The van der Waals surface area contributed by atoms with Crippen molar-refractivity contribution in [1.82, 2.24) is 20.1 Å². The summed E-state index contributed by atoms with van der Waals surface area (Å²) in [6.07, 6.45) is 5.40. The lowest BCUT2D eigenvalue weighted by atomic mass is 10.1. The van der Waals surface area contributed by atoms with Crippen molar-refractivity contribution in [2.24, 2.45) is 0 Å². The first-order valence-corrected chi connectivity index (χ1v) is 11.7. The Morgan fingerprint density at radius 1 is 0.943 bits per heavy atom. The van der Waals surface area contributed by atoms with Crippen molar-refractivity contribution in [3.8, 4) is 28.5 Å². The summed E-state index contributed by atoms with van der Waals surface area (Å²) in [6.45, 7) is 2.58. The number of hydrogen-bond donors (Lipinski definition) is 1. The van der Waals surface area contributed by atoms with Crippen LogP contribution in [0, 0.1) is 6.92 Å². The highest BCUT2D eigenvalue weighted by Gasteiger charge is 2.17. The van der Waals surface area contributed by atoms with Crippen LogP contribution in [-0.4, -0.2) is 27.2 Å². The van der Waals surface area contributed by atoms with E-state index in [0.29, 0.717) is 29.3 Å². The summed E-state index contributed by atoms with van der Waals surface area (Å²) in [6, 6.07) is 27.2. The van der Waals surface area contributed by atoms with Gasteiger partial charge < -0.3 is 9.73 Å². The van der Waals surface area contributed by atoms with Crippen LogP contribution in [0.5, 0.6) is 0 Å². The lowest BCUT2D eigenvalue weighted by Gasteiger charge is -2.08. The van der Waals surface area contributed by atoms with Crippen LogP contribution in [0.1, 0.15) is 28.0 Å². The van der Waals surface area contributed by atoms with Gasteiger partial charge in [0, 0.05) is 23.9 Å². The zero-order valence-corrected chi connectivity index (χ0v) is 19.5. The van der Waals surface area contributed by atoms with E-state index in [9.17, 15) is 4.79 Å². The molecular formula is C29H26N4O2. The predicted molar refractivity (Wildman–Crippen MR) is 136 cm³/mol. The van der Waals surface area contributed by atoms with Gasteiger partial charge in [0.2, 0.25) is 5.89 Å². The first kappa shape index (κ1) is 22.3. The molecule has 3 aromatic carbocycles. The maximum atomic E-state index is 13.0. The molecule has 0 radical (unpaired) electrons. The van der Waals surface area contributed by atoms with E-state index >= 15 is 0 Å². The number of carbonyl (C=O) groups is 1. The maximum absolute atomic E-state index is 13.0. The standard InChI is InChI=1S/C29H26N4O2/c1-21-23(20-33(32-21)24-14-6-3-7-15-24)13-10-18-30-28(34)25-16-8-9-17-26(25)29-31-19-27(35-29)22-11-4-2-5-12-22/h2-9,11-12,14-17,19-20H,10,13,18H2,1H3,(H,30,34). The van der Waals surface area contributed by atoms with Gasteiger partial charge in [-0.2, -0.15) is 5.10 Å². The van der Waals surface area contributed by atoms with Crippen molar-refractivity contribution < 1.29 is 9.21 Å². The number of aryl methyl sites for hydroxylation is 2. The molecule has 1 N–H and O–H groups in total. The van der Waals surface area contributed by atoms with Crippen molar-refractivity contribution in [3.63, 3.8) is 0 Å². The Kier molecular flexibility index (Phi) is 6.52. The van der Waals surface area contributed by atoms with Crippen LogP contribution >= 0.6 is 0 Å². The smallest absolute Gasteiger partial charge is 0.252 e. The summed E-state index contributed by atoms with van der Waals surface area (Å²) in [5.74, 6) is 0.956. The summed E-state index contributed by atoms with van der Waals surface area (Å²) in [5.41, 5.74) is 5.38. The van der Waals surface area contributed by atoms with E-state index < -0.39 is 0 Å². The SMILES string of the molecule is Cc1nn(-c2ccccc2)cc1CCCNC(=O)c1ccccc1-c1ncc(-c2ccccc2)o1. The Labute approximate surface area is 204 Å². The average Bonchev–Trinajstić information content (AvgIpc) is 3.55. The molecule has 0 saturated carbocycles. The number of rotatable bonds is 8. The summed E-state index contributed by atoms with van der Waals surface area (Å²) in [4.78, 5) is 17.4. The van der Waals surface area contributed by atoms with Crippen LogP contribution in [0.2, 0.25) is 0 Å². The molecule has 0 spiro atoms. The predicted octanol–water partition coefficient (Wildman–Crippen LogP) is 5.87. The summed E-state index contributed by atoms with van der Waals surface area (Å²) >= 11 is 0. The van der Waals surface area contributed by atoms with Gasteiger partial charge in [0.1, 0.15) is 0 Å². The maximum Gasteiger partial charge on any atom is 0.252 e. The van der Waals surface area contributed by atoms with Gasteiger partial charge in [-0.05, 0) is 49.6 Å². The molecule has 0 saturated heterocycles. The third kappa shape index (κ3) is 5.06. The van der Waals surface area contributed by atoms with E-state index in [4.69, 9.17) is 4.42 Å². The number of amides is 1. The first-order valence-electron chi connectivity index (χ1n) is 11.7. The summed E-state index contributed by atoms with van der Waals surface area (Å²) in [5, 5.41) is 7.66. The molecule has 5 rings (SSSR count). The molecule has 0 atom stereocenters. The summed E-state index contributed by atoms with van der Waals surface area (Å²) < 4.78 is 7.88. The third-order valence-electron chi connectivity index (χ3n) is 5.90. The molecule has 174 valence electrons. The minimum Gasteiger partial charge on any atom is -0.436 e. The second-order valence-electron chi connectivity index (χ2n) is 8.32. The van der Waals surface area contributed by atoms with Gasteiger partial charge in [0.15, 0.2) is 5.76 Å². The Bertz CT molecular complexity index is 1420. The molecule has 0 fully saturated rings. The highest BCUT2D eigenvalue weighted by atomic mass is 16.4. The van der Waals surface area contributed by atoms with E-state index in [2.05, 4.69) is 21.6 Å². The van der Waals surface area contributed by atoms with Crippen molar-refractivity contribution in [3.05, 3.63) is 114 Å². The molecule has 0 aliphatic heterocycles. The Morgan fingerprint density at radius 3 is 2.46 bits per heavy atom. The Morgan fingerprint density at radius 2 is 1.66 bits per heavy atom. The van der Waals surface area contributed by atoms with E-state index in [1.807, 2.05) is 90.5 Å². The number of aromatic nitrogens is 3. The number of benzene rings is 3. The largest absolute Gasteiger partial charge is 0.436 e. The third-order valence-corrected chi connectivity index (χ3v) is 5.90. The topological polar surface area (TPSA) is 73.0 Å². The molecule has 1 amide bonds. The van der Waals surface area contributed by atoms with E-state index in [-0.39, 0.29) is 5.91 Å². The monoisotopic (exact) mass is 462 g/mol. The van der Waals surface area contributed by atoms with Gasteiger partial charge in [0.05, 0.1) is 23.1 Å². The van der Waals surface area contributed by atoms with Crippen LogP contribution in [0.4, 0.5) is 0 Å². The van der Waals surface area contributed by atoms with Crippen LogP contribution in [-0.2, 0) is 6.42 Å². The Balaban J connectivity index is 1.22. The number of hydrogen-bond acceptors (Lipinski definition) is 4. The number of carbonyl (C=O) groups excluding carboxylic acids is 1. The molecule has 6 heteroatoms. The van der Waals surface area contributed by atoms with Gasteiger partial charge >= 0.3 is 0 Å². The first-order chi connectivity index (χ1) is 17.2. The van der Waals surface area contributed by atoms with Gasteiger partial charge in [0.25, 0.3) is 5.91 Å². The molecule has 0 aliphatic carbocycles. The molecule has 2 heterocycles. The van der Waals surface area contributed by atoms with Crippen molar-refractivity contribution in [2.45, 2.75) is 19.8 Å². The fourth-order valence-electron chi connectivity index (χ4n) is 4.03. The fourth-order valence-corrected chi connectivity index (χ4v) is 4.03. The normalized spacial score (nSPS) is 10.9. The zero-order valence-electron chi connectivity index (χ0n) is 19.5. The van der Waals surface area contributed by atoms with Crippen LogP contribution in [0.25, 0.3) is 28.5 Å². The highest BCUT2D eigenvalue weighted by Crippen LogP contribution is 2.28. The Hall–Kier alpha value is -4.45. The molecule has 0 unspecified atom stereocenters. The van der Waals surface area contributed by atoms with Crippen LogP contribution < -0.4 is 5.32 Å². The highest BCUT2D eigenvalue weighted by molar-refractivity contribution is 6.00. The van der Waals surface area contributed by atoms with Gasteiger partial charge in [-0.3, -0.25) is 4.79 Å². The van der Waals surface area contributed by atoms with Gasteiger partial charge in [-0.25, -0.2) is 9.67 Å². The fraction of sp³-hybridized carbons (Fsp3) is 0.138. The molecule has 35 heavy (non-hydrogen) atoms. The van der Waals surface area contributed by atoms with E-state index in [0.717, 1.165) is 29.8 Å². The van der Waals surface area contributed by atoms with Gasteiger partial charge in [-0.15, -0.1) is 0 Å². The van der Waals surface area contributed by atoms with Crippen LogP contribution in [0.15, 0.2) is 102 Å². The number of para-hydroxylation sites is 1. The number of nitrogens with zero attached hydrogens (tertiary/aromatic N) is 3. The van der Waals surface area contributed by atoms with E-state index in [1.165, 1.54) is 5.56 Å². The lowest BCUT2D eigenvalue weighted by Crippen LogP contribution is -2.25. The second kappa shape index (κ2) is 10.2. The second-order valence-corrected chi connectivity index (χ2v) is 8.32. The van der Waals surface area contributed by atoms with Crippen LogP contribution in [0.3, 0.4) is 0 Å².